The molecule has 0 spiro atoms. The lowest BCUT2D eigenvalue weighted by atomic mass is 9.99. The first-order chi connectivity index (χ1) is 8.99. The Morgan fingerprint density at radius 3 is 2.84 bits per heavy atom. The van der Waals surface area contributed by atoms with E-state index in [2.05, 4.69) is 6.92 Å². The molecular formula is C13H16N2O4. The third-order valence-corrected chi connectivity index (χ3v) is 3.42. The van der Waals surface area contributed by atoms with Gasteiger partial charge >= 0.3 is 5.97 Å². The Morgan fingerprint density at radius 1 is 1.53 bits per heavy atom. The molecule has 1 fully saturated rings. The van der Waals surface area contributed by atoms with Crippen molar-refractivity contribution in [1.29, 1.82) is 0 Å². The largest absolute Gasteiger partial charge is 0.478 e. The second-order valence-electron chi connectivity index (χ2n) is 4.96. The van der Waals surface area contributed by atoms with Gasteiger partial charge in [-0.05, 0) is 30.9 Å². The molecule has 6 nitrogen and oxygen atoms in total. The van der Waals surface area contributed by atoms with Gasteiger partial charge in [0.05, 0.1) is 10.5 Å². The summed E-state index contributed by atoms with van der Waals surface area (Å²) in [5.41, 5.74) is 0.330. The van der Waals surface area contributed by atoms with Crippen LogP contribution in [0.15, 0.2) is 18.2 Å². The van der Waals surface area contributed by atoms with Gasteiger partial charge in [0.2, 0.25) is 0 Å². The van der Waals surface area contributed by atoms with E-state index < -0.39 is 10.9 Å². The highest BCUT2D eigenvalue weighted by Crippen LogP contribution is 2.32. The Morgan fingerprint density at radius 2 is 2.26 bits per heavy atom. The van der Waals surface area contributed by atoms with Crippen molar-refractivity contribution in [1.82, 2.24) is 0 Å². The number of carbonyl (C=O) groups is 1. The van der Waals surface area contributed by atoms with Crippen molar-refractivity contribution < 1.29 is 14.8 Å². The maximum absolute atomic E-state index is 11.1. The summed E-state index contributed by atoms with van der Waals surface area (Å²) in [6.07, 6.45) is 2.12. The molecule has 0 amide bonds. The van der Waals surface area contributed by atoms with Gasteiger partial charge in [0, 0.05) is 19.2 Å². The summed E-state index contributed by atoms with van der Waals surface area (Å²) in [7, 11) is 0. The highest BCUT2D eigenvalue weighted by molar-refractivity contribution is 5.89. The van der Waals surface area contributed by atoms with Gasteiger partial charge < -0.3 is 10.0 Å². The Bertz CT molecular complexity index is 515. The molecule has 1 N–H and O–H groups in total. The number of hydrogen-bond donors (Lipinski definition) is 1. The molecule has 1 aliphatic heterocycles. The molecule has 0 aliphatic carbocycles. The molecule has 1 atom stereocenters. The summed E-state index contributed by atoms with van der Waals surface area (Å²) < 4.78 is 0. The highest BCUT2D eigenvalue weighted by atomic mass is 16.6. The Hall–Kier alpha value is -2.11. The zero-order chi connectivity index (χ0) is 14.0. The molecule has 0 saturated carbocycles. The first-order valence-electron chi connectivity index (χ1n) is 6.25. The molecule has 0 bridgehead atoms. The van der Waals surface area contributed by atoms with Crippen molar-refractivity contribution >= 4 is 17.3 Å². The Labute approximate surface area is 110 Å². The van der Waals surface area contributed by atoms with Crippen LogP contribution in [0.5, 0.6) is 0 Å². The zero-order valence-electron chi connectivity index (χ0n) is 10.7. The van der Waals surface area contributed by atoms with E-state index >= 15 is 0 Å². The lowest BCUT2D eigenvalue weighted by Gasteiger charge is -2.32. The van der Waals surface area contributed by atoms with Crippen LogP contribution in [0.2, 0.25) is 0 Å². The average Bonchev–Trinajstić information content (AvgIpc) is 2.37. The summed E-state index contributed by atoms with van der Waals surface area (Å²) >= 11 is 0. The molecule has 1 aromatic carbocycles. The van der Waals surface area contributed by atoms with Crippen molar-refractivity contribution in [2.24, 2.45) is 5.92 Å². The predicted octanol–water partition coefficient (Wildman–Crippen LogP) is 2.53. The van der Waals surface area contributed by atoms with Gasteiger partial charge in [0.25, 0.3) is 5.69 Å². The number of aromatic carboxylic acids is 1. The van der Waals surface area contributed by atoms with Gasteiger partial charge in [0.1, 0.15) is 5.69 Å². The van der Waals surface area contributed by atoms with E-state index in [1.807, 2.05) is 4.90 Å². The second kappa shape index (κ2) is 5.26. The topological polar surface area (TPSA) is 83.7 Å². The molecule has 1 saturated heterocycles. The monoisotopic (exact) mass is 264 g/mol. The van der Waals surface area contributed by atoms with E-state index in [1.165, 1.54) is 6.07 Å². The van der Waals surface area contributed by atoms with Crippen molar-refractivity contribution in [3.8, 4) is 0 Å². The summed E-state index contributed by atoms with van der Waals surface area (Å²) in [6, 6.07) is 4.10. The highest BCUT2D eigenvalue weighted by Gasteiger charge is 2.24. The molecule has 6 heteroatoms. The van der Waals surface area contributed by atoms with Crippen LogP contribution in [0.3, 0.4) is 0 Å². The van der Waals surface area contributed by atoms with Gasteiger partial charge in [-0.1, -0.05) is 6.92 Å². The first kappa shape index (κ1) is 13.3. The number of nitro groups is 1. The maximum atomic E-state index is 11.1. The molecule has 102 valence electrons. The van der Waals surface area contributed by atoms with E-state index in [0.717, 1.165) is 32.0 Å². The molecule has 0 radical (unpaired) electrons. The van der Waals surface area contributed by atoms with Crippen LogP contribution >= 0.6 is 0 Å². The number of carboxylic acids is 1. The predicted molar refractivity (Wildman–Crippen MR) is 70.7 cm³/mol. The van der Waals surface area contributed by atoms with Crippen molar-refractivity contribution in [3.63, 3.8) is 0 Å². The summed E-state index contributed by atoms with van der Waals surface area (Å²) in [6.45, 7) is 3.66. The second-order valence-corrected chi connectivity index (χ2v) is 4.96. The van der Waals surface area contributed by atoms with Gasteiger partial charge in [-0.3, -0.25) is 10.1 Å². The Kier molecular flexibility index (Phi) is 3.69. The Balaban J connectivity index is 2.38. The molecule has 0 aromatic heterocycles. The number of hydrogen-bond acceptors (Lipinski definition) is 4. The van der Waals surface area contributed by atoms with Gasteiger partial charge in [0.15, 0.2) is 0 Å². The van der Waals surface area contributed by atoms with Crippen LogP contribution in [-0.4, -0.2) is 29.1 Å². The fourth-order valence-electron chi connectivity index (χ4n) is 2.48. The van der Waals surface area contributed by atoms with Crippen LogP contribution in [-0.2, 0) is 0 Å². The van der Waals surface area contributed by atoms with Crippen LogP contribution in [0, 0.1) is 16.0 Å². The molecule has 1 aromatic rings. The zero-order valence-corrected chi connectivity index (χ0v) is 10.7. The summed E-state index contributed by atoms with van der Waals surface area (Å²) in [4.78, 5) is 23.4. The van der Waals surface area contributed by atoms with E-state index in [-0.39, 0.29) is 11.3 Å². The van der Waals surface area contributed by atoms with Gasteiger partial charge in [-0.2, -0.15) is 0 Å². The van der Waals surface area contributed by atoms with Crippen molar-refractivity contribution in [3.05, 3.63) is 33.9 Å². The number of carboxylic acid groups (broad SMARTS) is 1. The van der Waals surface area contributed by atoms with Crippen molar-refractivity contribution in [2.75, 3.05) is 18.0 Å². The van der Waals surface area contributed by atoms with E-state index in [0.29, 0.717) is 11.6 Å². The quantitative estimate of drug-likeness (QED) is 0.670. The third-order valence-electron chi connectivity index (χ3n) is 3.42. The summed E-state index contributed by atoms with van der Waals surface area (Å²) in [5, 5.41) is 20.0. The fraction of sp³-hybridized carbons (Fsp3) is 0.462. The maximum Gasteiger partial charge on any atom is 0.335 e. The molecule has 0 unspecified atom stereocenters. The first-order valence-corrected chi connectivity index (χ1v) is 6.25. The SMILES string of the molecule is C[C@H]1CCCN(c2ccc(C(=O)O)cc2[N+](=O)[O-])C1. The average molecular weight is 264 g/mol. The van der Waals surface area contributed by atoms with Gasteiger partial charge in [-0.15, -0.1) is 0 Å². The normalized spacial score (nSPS) is 19.2. The molecule has 19 heavy (non-hydrogen) atoms. The number of anilines is 1. The minimum absolute atomic E-state index is 0.0551. The number of piperidine rings is 1. The van der Waals surface area contributed by atoms with Crippen LogP contribution in [0.4, 0.5) is 11.4 Å². The van der Waals surface area contributed by atoms with Crippen molar-refractivity contribution in [2.45, 2.75) is 19.8 Å². The van der Waals surface area contributed by atoms with Crippen LogP contribution < -0.4 is 4.90 Å². The van der Waals surface area contributed by atoms with E-state index in [1.54, 1.807) is 6.07 Å². The van der Waals surface area contributed by atoms with Crippen LogP contribution in [0.1, 0.15) is 30.1 Å². The molecular weight excluding hydrogens is 248 g/mol. The van der Waals surface area contributed by atoms with E-state index in [4.69, 9.17) is 5.11 Å². The molecule has 1 aliphatic rings. The number of nitrogens with zero attached hydrogens (tertiary/aromatic N) is 2. The fourth-order valence-corrected chi connectivity index (χ4v) is 2.48. The third kappa shape index (κ3) is 2.83. The number of nitro benzene ring substituents is 1. The smallest absolute Gasteiger partial charge is 0.335 e. The van der Waals surface area contributed by atoms with Crippen LogP contribution in [0.25, 0.3) is 0 Å². The van der Waals surface area contributed by atoms with E-state index in [9.17, 15) is 14.9 Å². The number of benzene rings is 1. The number of rotatable bonds is 3. The minimum Gasteiger partial charge on any atom is -0.478 e. The molecule has 2 rings (SSSR count). The summed E-state index contributed by atoms with van der Waals surface area (Å²) in [5.74, 6) is -0.658. The lowest BCUT2D eigenvalue weighted by molar-refractivity contribution is -0.384. The van der Waals surface area contributed by atoms with Gasteiger partial charge in [-0.25, -0.2) is 4.79 Å². The minimum atomic E-state index is -1.15. The lowest BCUT2D eigenvalue weighted by Crippen LogP contribution is -2.34. The standard InChI is InChI=1S/C13H16N2O4/c1-9-3-2-6-14(8-9)11-5-4-10(13(16)17)7-12(11)15(18)19/h4-5,7,9H,2-3,6,8H2,1H3,(H,16,17)/t9-/m0/s1. The molecule has 1 heterocycles.